The molecule has 0 aromatic carbocycles. The second-order valence-corrected chi connectivity index (χ2v) is 3.94. The Hall–Kier alpha value is -0.374. The first-order valence-corrected chi connectivity index (χ1v) is 5.49. The van der Waals surface area contributed by atoms with Crippen LogP contribution in [0.15, 0.2) is 0 Å². The topological polar surface area (TPSA) is 104 Å². The van der Waals surface area contributed by atoms with Crippen LogP contribution in [0.3, 0.4) is 0 Å². The molecule has 2 aliphatic heterocycles. The summed E-state index contributed by atoms with van der Waals surface area (Å²) in [4.78, 5) is 20.1. The normalized spacial score (nSPS) is 26.6. The van der Waals surface area contributed by atoms with Crippen molar-refractivity contribution in [3.63, 3.8) is 0 Å². The first-order chi connectivity index (χ1) is 7.61. The molecule has 17 heavy (non-hydrogen) atoms. The van der Waals surface area contributed by atoms with Gasteiger partial charge in [-0.2, -0.15) is 0 Å². The second-order valence-electron chi connectivity index (χ2n) is 3.94. The minimum absolute atomic E-state index is 0. The zero-order valence-electron chi connectivity index (χ0n) is 9.74. The summed E-state index contributed by atoms with van der Waals surface area (Å²) in [6, 6.07) is -0.759. The molecule has 2 aliphatic rings. The van der Waals surface area contributed by atoms with E-state index in [9.17, 15) is 19.8 Å². The van der Waals surface area contributed by atoms with Crippen LogP contribution < -0.4 is 20.8 Å². The number of hydrogen-bond acceptors (Lipinski definition) is 6. The van der Waals surface area contributed by atoms with E-state index in [0.717, 1.165) is 38.8 Å². The Labute approximate surface area is 116 Å². The molecule has 2 atom stereocenters. The Kier molecular flexibility index (Phi) is 8.49. The first kappa shape index (κ1) is 16.6. The molecule has 2 N–H and O–H groups in total. The summed E-state index contributed by atoms with van der Waals surface area (Å²) in [6.07, 6.45) is 3.36. The van der Waals surface area contributed by atoms with Gasteiger partial charge in [-0.15, -0.1) is 0 Å². The second kappa shape index (κ2) is 8.68. The zero-order chi connectivity index (χ0) is 12.0. The van der Waals surface area contributed by atoms with E-state index in [4.69, 9.17) is 0 Å². The Bertz CT molecular complexity index is 225. The van der Waals surface area contributed by atoms with Gasteiger partial charge >= 0.3 is 23.1 Å². The van der Waals surface area contributed by atoms with E-state index in [0.29, 0.717) is 0 Å². The third-order valence-corrected chi connectivity index (χ3v) is 2.69. The monoisotopic (exact) mass is 252 g/mol. The van der Waals surface area contributed by atoms with E-state index < -0.39 is 11.9 Å². The molecule has 0 saturated carbocycles. The van der Waals surface area contributed by atoms with E-state index in [1.165, 1.54) is 0 Å². The van der Waals surface area contributed by atoms with Gasteiger partial charge in [-0.05, 0) is 38.8 Å². The fourth-order valence-electron chi connectivity index (χ4n) is 1.77. The maximum absolute atomic E-state index is 10.0. The molecule has 0 amide bonds. The van der Waals surface area contributed by atoms with Crippen molar-refractivity contribution < 1.29 is 19.8 Å². The van der Waals surface area contributed by atoms with Crippen LogP contribution >= 0.6 is 0 Å². The minimum atomic E-state index is -0.970. The number of carbonyl (C=O) groups is 2. The van der Waals surface area contributed by atoms with Crippen molar-refractivity contribution >= 4 is 35.0 Å². The molecule has 0 aromatic heterocycles. The zero-order valence-corrected chi connectivity index (χ0v) is 11.2. The predicted octanol–water partition coefficient (Wildman–Crippen LogP) is -3.40. The summed E-state index contributed by atoms with van der Waals surface area (Å²) in [6.45, 7) is 1.64. The number of rotatable bonds is 2. The van der Waals surface area contributed by atoms with Crippen molar-refractivity contribution in [2.75, 3.05) is 13.1 Å². The average Bonchev–Trinajstić information content (AvgIpc) is 2.93. The smallest absolute Gasteiger partial charge is 0.548 e. The van der Waals surface area contributed by atoms with Gasteiger partial charge in [-0.25, -0.2) is 0 Å². The van der Waals surface area contributed by atoms with Gasteiger partial charge in [0.1, 0.15) is 0 Å². The molecule has 0 aliphatic carbocycles. The van der Waals surface area contributed by atoms with Gasteiger partial charge < -0.3 is 30.4 Å². The van der Waals surface area contributed by atoms with Gasteiger partial charge in [0, 0.05) is 12.1 Å². The van der Waals surface area contributed by atoms with Crippen molar-refractivity contribution in [2.45, 2.75) is 37.8 Å². The first-order valence-electron chi connectivity index (χ1n) is 5.49. The van der Waals surface area contributed by atoms with Crippen LogP contribution in [-0.2, 0) is 9.59 Å². The fraction of sp³-hybridized carbons (Fsp3) is 0.800. The van der Waals surface area contributed by atoms with E-state index in [1.807, 2.05) is 0 Å². The van der Waals surface area contributed by atoms with Crippen LogP contribution in [0.5, 0.6) is 0 Å². The summed E-state index contributed by atoms with van der Waals surface area (Å²) < 4.78 is 0. The molecule has 2 saturated heterocycles. The van der Waals surface area contributed by atoms with Crippen molar-refractivity contribution in [1.82, 2.24) is 10.6 Å². The fourth-order valence-corrected chi connectivity index (χ4v) is 1.77. The Morgan fingerprint density at radius 1 is 0.882 bits per heavy atom. The van der Waals surface area contributed by atoms with E-state index in [2.05, 4.69) is 10.6 Å². The number of hydrogen-bond donors (Lipinski definition) is 2. The van der Waals surface area contributed by atoms with E-state index >= 15 is 0 Å². The van der Waals surface area contributed by atoms with Crippen LogP contribution in [0.1, 0.15) is 25.7 Å². The average molecular weight is 253 g/mol. The number of carbonyl (C=O) groups excluding carboxylic acids is 2. The molecule has 0 spiro atoms. The predicted molar refractivity (Wildman–Crippen MR) is 57.8 cm³/mol. The maximum Gasteiger partial charge on any atom is 2.00 e. The summed E-state index contributed by atoms with van der Waals surface area (Å²) in [5, 5.41) is 25.6. The summed E-state index contributed by atoms with van der Waals surface area (Å²) >= 11 is 0. The summed E-state index contributed by atoms with van der Waals surface area (Å²) in [5.74, 6) is -1.94. The largest absolute Gasteiger partial charge is 2.00 e. The van der Waals surface area contributed by atoms with Crippen molar-refractivity contribution in [3.05, 3.63) is 0 Å². The van der Waals surface area contributed by atoms with Crippen LogP contribution in [0.25, 0.3) is 0 Å². The van der Waals surface area contributed by atoms with E-state index in [-0.39, 0.29) is 35.1 Å². The van der Waals surface area contributed by atoms with E-state index in [1.54, 1.807) is 0 Å². The van der Waals surface area contributed by atoms with Gasteiger partial charge in [-0.3, -0.25) is 0 Å². The Morgan fingerprint density at radius 3 is 1.35 bits per heavy atom. The number of aliphatic carboxylic acids is 2. The molecule has 6 nitrogen and oxygen atoms in total. The molecule has 2 fully saturated rings. The Balaban J connectivity index is 0.000000284. The van der Waals surface area contributed by atoms with Gasteiger partial charge in [0.05, 0.1) is 11.9 Å². The van der Waals surface area contributed by atoms with Crippen molar-refractivity contribution in [3.8, 4) is 0 Å². The number of carboxylic acids is 2. The third kappa shape index (κ3) is 6.20. The van der Waals surface area contributed by atoms with Gasteiger partial charge in [0.2, 0.25) is 0 Å². The van der Waals surface area contributed by atoms with Crippen molar-refractivity contribution in [2.24, 2.45) is 0 Å². The molecule has 7 heteroatoms. The minimum Gasteiger partial charge on any atom is -0.548 e. The maximum atomic E-state index is 10.0. The molecule has 0 radical (unpaired) electrons. The molecular weight excluding hydrogens is 236 g/mol. The number of carboxylic acid groups (broad SMARTS) is 2. The molecule has 92 valence electrons. The van der Waals surface area contributed by atoms with Gasteiger partial charge in [0.25, 0.3) is 0 Å². The Morgan fingerprint density at radius 2 is 1.24 bits per heavy atom. The molecular formula is C10H16MgN2O4. The summed E-state index contributed by atoms with van der Waals surface area (Å²) in [5.41, 5.74) is 0. The van der Waals surface area contributed by atoms with Crippen LogP contribution in [0.2, 0.25) is 0 Å². The van der Waals surface area contributed by atoms with Gasteiger partial charge in [0.15, 0.2) is 0 Å². The molecule has 0 aromatic rings. The molecule has 2 unspecified atom stereocenters. The molecule has 2 rings (SSSR count). The van der Waals surface area contributed by atoms with Crippen LogP contribution in [0.4, 0.5) is 0 Å². The number of nitrogens with one attached hydrogen (secondary N) is 2. The quantitative estimate of drug-likeness (QED) is 0.496. The van der Waals surface area contributed by atoms with Gasteiger partial charge in [-0.1, -0.05) is 0 Å². The summed E-state index contributed by atoms with van der Waals surface area (Å²) in [7, 11) is 0. The molecule has 0 bridgehead atoms. The van der Waals surface area contributed by atoms with Crippen molar-refractivity contribution in [1.29, 1.82) is 0 Å². The van der Waals surface area contributed by atoms with Crippen LogP contribution in [-0.4, -0.2) is 60.2 Å². The molecule has 2 heterocycles. The third-order valence-electron chi connectivity index (χ3n) is 2.69. The van der Waals surface area contributed by atoms with Crippen LogP contribution in [0, 0.1) is 0 Å². The standard InChI is InChI=1S/2C5H9NO2.Mg/c2*7-5(8)4-2-1-3-6-4;/h2*4,6H,1-3H2,(H,7,8);/q;;+2/p-2. The SMILES string of the molecule is O=C([O-])C1CCCN1.O=C([O-])C1CCCN1.[Mg+2].